The molecule has 2 aromatic heterocycles. The minimum Gasteiger partial charge on any atom is -0.352 e. The van der Waals surface area contributed by atoms with Crippen LogP contribution in [0.15, 0.2) is 47.4 Å². The van der Waals surface area contributed by atoms with Crippen LogP contribution in [0.25, 0.3) is 22.6 Å². The molecule has 0 spiro atoms. The second-order valence-corrected chi connectivity index (χ2v) is 7.50. The van der Waals surface area contributed by atoms with E-state index in [0.29, 0.717) is 10.6 Å². The van der Waals surface area contributed by atoms with Crippen molar-refractivity contribution in [2.75, 3.05) is 0 Å². The van der Waals surface area contributed by atoms with Gasteiger partial charge in [-0.2, -0.15) is 13.2 Å². The third-order valence-electron chi connectivity index (χ3n) is 4.37. The number of hydrogen-bond donors (Lipinski definition) is 2. The van der Waals surface area contributed by atoms with Crippen molar-refractivity contribution in [3.8, 4) is 22.6 Å². The largest absolute Gasteiger partial charge is 0.433 e. The number of nitrogens with one attached hydrogen (secondary N) is 2. The number of halogens is 4. The highest BCUT2D eigenvalue weighted by atomic mass is 35.5. The van der Waals surface area contributed by atoms with E-state index in [1.807, 2.05) is 0 Å². The minimum atomic E-state index is -4.57. The fraction of sp³-hybridized carbons (Fsp3) is 0.238. The number of carbonyl (C=O) groups is 1. The Labute approximate surface area is 180 Å². The van der Waals surface area contributed by atoms with Crippen LogP contribution >= 0.6 is 11.6 Å². The SMILES string of the molecule is CC(C)C(=O)NCc1ccc(Cl)c(-c2nc(-c3ccc(C(F)(F)F)nc3)cc(=O)[nH]2)c1. The summed E-state index contributed by atoms with van der Waals surface area (Å²) in [6.07, 6.45) is -3.56. The van der Waals surface area contributed by atoms with Crippen molar-refractivity contribution in [2.45, 2.75) is 26.6 Å². The molecule has 0 unspecified atom stereocenters. The first-order valence-electron chi connectivity index (χ1n) is 9.26. The number of rotatable bonds is 5. The molecule has 0 fully saturated rings. The molecule has 1 amide bonds. The Morgan fingerprint density at radius 2 is 1.94 bits per heavy atom. The molecule has 3 aromatic rings. The number of aromatic nitrogens is 3. The van der Waals surface area contributed by atoms with Crippen molar-refractivity contribution in [1.29, 1.82) is 0 Å². The van der Waals surface area contributed by atoms with Crippen molar-refractivity contribution in [3.05, 3.63) is 69.2 Å². The second-order valence-electron chi connectivity index (χ2n) is 7.10. The van der Waals surface area contributed by atoms with Crippen LogP contribution in [-0.4, -0.2) is 20.9 Å². The predicted octanol–water partition coefficient (Wildman–Crippen LogP) is 4.44. The van der Waals surface area contributed by atoms with Crippen LogP contribution in [0.2, 0.25) is 5.02 Å². The molecule has 0 aliphatic heterocycles. The molecule has 1 aromatic carbocycles. The van der Waals surface area contributed by atoms with E-state index < -0.39 is 17.4 Å². The van der Waals surface area contributed by atoms with Gasteiger partial charge >= 0.3 is 6.18 Å². The predicted molar refractivity (Wildman–Crippen MR) is 110 cm³/mol. The first-order valence-corrected chi connectivity index (χ1v) is 9.64. The normalized spacial score (nSPS) is 11.6. The van der Waals surface area contributed by atoms with Gasteiger partial charge in [0.25, 0.3) is 5.56 Å². The molecule has 0 saturated heterocycles. The Morgan fingerprint density at radius 1 is 1.19 bits per heavy atom. The van der Waals surface area contributed by atoms with Crippen LogP contribution in [0.5, 0.6) is 0 Å². The van der Waals surface area contributed by atoms with Gasteiger partial charge in [0.05, 0.1) is 10.7 Å². The van der Waals surface area contributed by atoms with E-state index in [1.54, 1.807) is 32.0 Å². The molecule has 6 nitrogen and oxygen atoms in total. The third kappa shape index (κ3) is 5.49. The second kappa shape index (κ2) is 8.89. The number of nitrogens with zero attached hydrogens (tertiary/aromatic N) is 2. The van der Waals surface area contributed by atoms with Crippen LogP contribution < -0.4 is 10.9 Å². The Balaban J connectivity index is 1.95. The maximum atomic E-state index is 12.7. The van der Waals surface area contributed by atoms with Crippen molar-refractivity contribution >= 4 is 17.5 Å². The van der Waals surface area contributed by atoms with E-state index in [9.17, 15) is 22.8 Å². The van der Waals surface area contributed by atoms with E-state index in [1.165, 1.54) is 6.07 Å². The third-order valence-corrected chi connectivity index (χ3v) is 4.70. The Kier molecular flexibility index (Phi) is 6.45. The molecular formula is C21H18ClF3N4O2. The molecule has 0 atom stereocenters. The van der Waals surface area contributed by atoms with Crippen LogP contribution in [0.4, 0.5) is 13.2 Å². The summed E-state index contributed by atoms with van der Waals surface area (Å²) in [5.41, 5.74) is -0.00389. The van der Waals surface area contributed by atoms with Crippen molar-refractivity contribution < 1.29 is 18.0 Å². The fourth-order valence-electron chi connectivity index (χ4n) is 2.70. The molecule has 3 rings (SSSR count). The quantitative estimate of drug-likeness (QED) is 0.601. The van der Waals surface area contributed by atoms with Gasteiger partial charge in [0.15, 0.2) is 0 Å². The Hall–Kier alpha value is -3.20. The van der Waals surface area contributed by atoms with Crippen LogP contribution in [0, 0.1) is 5.92 Å². The molecule has 31 heavy (non-hydrogen) atoms. The van der Waals surface area contributed by atoms with E-state index >= 15 is 0 Å². The summed E-state index contributed by atoms with van der Waals surface area (Å²) < 4.78 is 38.2. The summed E-state index contributed by atoms with van der Waals surface area (Å²) in [5.74, 6) is -0.136. The molecule has 0 saturated carbocycles. The summed E-state index contributed by atoms with van der Waals surface area (Å²) >= 11 is 6.28. The maximum Gasteiger partial charge on any atom is 0.433 e. The molecule has 0 aliphatic rings. The van der Waals surface area contributed by atoms with Crippen molar-refractivity contribution in [1.82, 2.24) is 20.3 Å². The van der Waals surface area contributed by atoms with E-state index in [-0.39, 0.29) is 35.5 Å². The van der Waals surface area contributed by atoms with Gasteiger partial charge in [0.1, 0.15) is 11.5 Å². The number of H-pyrrole nitrogens is 1. The number of hydrogen-bond acceptors (Lipinski definition) is 4. The smallest absolute Gasteiger partial charge is 0.352 e. The summed E-state index contributed by atoms with van der Waals surface area (Å²) in [6.45, 7) is 3.81. The van der Waals surface area contributed by atoms with Crippen molar-refractivity contribution in [3.63, 3.8) is 0 Å². The van der Waals surface area contributed by atoms with Crippen LogP contribution in [0.3, 0.4) is 0 Å². The lowest BCUT2D eigenvalue weighted by Gasteiger charge is -2.11. The number of carbonyl (C=O) groups excluding carboxylic acids is 1. The van der Waals surface area contributed by atoms with Gasteiger partial charge in [-0.1, -0.05) is 31.5 Å². The molecule has 0 aliphatic carbocycles. The first-order chi connectivity index (χ1) is 14.5. The summed E-state index contributed by atoms with van der Waals surface area (Å²) in [5, 5.41) is 3.10. The molecule has 0 radical (unpaired) electrons. The highest BCUT2D eigenvalue weighted by Crippen LogP contribution is 2.30. The summed E-state index contributed by atoms with van der Waals surface area (Å²) in [4.78, 5) is 34.3. The van der Waals surface area contributed by atoms with Gasteiger partial charge in [0.2, 0.25) is 5.91 Å². The van der Waals surface area contributed by atoms with E-state index in [0.717, 1.165) is 23.9 Å². The van der Waals surface area contributed by atoms with Crippen LogP contribution in [-0.2, 0) is 17.5 Å². The minimum absolute atomic E-state index is 0.111. The average Bonchev–Trinajstić information content (AvgIpc) is 2.71. The highest BCUT2D eigenvalue weighted by Gasteiger charge is 2.32. The molecule has 0 bridgehead atoms. The number of alkyl halides is 3. The van der Waals surface area contributed by atoms with Gasteiger partial charge in [-0.15, -0.1) is 0 Å². The lowest BCUT2D eigenvalue weighted by molar-refractivity contribution is -0.141. The molecular weight excluding hydrogens is 433 g/mol. The summed E-state index contributed by atoms with van der Waals surface area (Å²) in [6, 6.07) is 8.20. The van der Waals surface area contributed by atoms with Gasteiger partial charge in [-0.05, 0) is 29.8 Å². The summed E-state index contributed by atoms with van der Waals surface area (Å²) in [7, 11) is 0. The van der Waals surface area contributed by atoms with Crippen molar-refractivity contribution in [2.24, 2.45) is 5.92 Å². The van der Waals surface area contributed by atoms with Crippen LogP contribution in [0.1, 0.15) is 25.1 Å². The number of aromatic amines is 1. The Morgan fingerprint density at radius 3 is 2.55 bits per heavy atom. The number of pyridine rings is 1. The first kappa shape index (κ1) is 22.5. The number of amides is 1. The average molecular weight is 451 g/mol. The fourth-order valence-corrected chi connectivity index (χ4v) is 2.91. The Bertz CT molecular complexity index is 1160. The molecule has 162 valence electrons. The monoisotopic (exact) mass is 450 g/mol. The number of benzene rings is 1. The van der Waals surface area contributed by atoms with Gasteiger partial charge in [-0.3, -0.25) is 14.6 Å². The van der Waals surface area contributed by atoms with E-state index in [4.69, 9.17) is 11.6 Å². The topological polar surface area (TPSA) is 87.7 Å². The van der Waals surface area contributed by atoms with Gasteiger partial charge in [-0.25, -0.2) is 4.98 Å². The standard InChI is InChI=1S/C21H18ClF3N4O2/c1-11(2)20(31)27-9-12-3-5-15(22)14(7-12)19-28-16(8-18(30)29-19)13-4-6-17(26-10-13)21(23,24)25/h3-8,10-11H,9H2,1-2H3,(H,27,31)(H,28,29,30). The zero-order valence-corrected chi connectivity index (χ0v) is 17.3. The molecule has 2 heterocycles. The zero-order valence-electron chi connectivity index (χ0n) is 16.5. The van der Waals surface area contributed by atoms with Gasteiger partial charge < -0.3 is 10.3 Å². The lowest BCUT2D eigenvalue weighted by Crippen LogP contribution is -2.27. The lowest BCUT2D eigenvalue weighted by atomic mass is 10.1. The zero-order chi connectivity index (χ0) is 22.8. The van der Waals surface area contributed by atoms with E-state index in [2.05, 4.69) is 20.3 Å². The molecule has 2 N–H and O–H groups in total. The van der Waals surface area contributed by atoms with Gasteiger partial charge in [0, 0.05) is 35.9 Å². The molecule has 10 heteroatoms. The maximum absolute atomic E-state index is 12.7. The highest BCUT2D eigenvalue weighted by molar-refractivity contribution is 6.33.